The minimum absolute atomic E-state index is 0.266. The van der Waals surface area contributed by atoms with Gasteiger partial charge in [-0.25, -0.2) is 0 Å². The van der Waals surface area contributed by atoms with Crippen LogP contribution in [0.25, 0.3) is 0 Å². The van der Waals surface area contributed by atoms with Crippen molar-refractivity contribution in [1.29, 1.82) is 0 Å². The smallest absolute Gasteiger partial charge is 0.266 e. The number of nitrogens with zero attached hydrogens (tertiary/aromatic N) is 3. The molecule has 0 fully saturated rings. The van der Waals surface area contributed by atoms with Crippen LogP contribution in [0.15, 0.2) is 48.8 Å². The molecule has 0 aromatic carbocycles. The van der Waals surface area contributed by atoms with E-state index in [1.807, 2.05) is 41.3 Å². The lowest BCUT2D eigenvalue weighted by Crippen LogP contribution is -2.33. The summed E-state index contributed by atoms with van der Waals surface area (Å²) in [6.45, 7) is 1.65. The van der Waals surface area contributed by atoms with Crippen molar-refractivity contribution in [2.45, 2.75) is 12.8 Å². The average molecular weight is 335 g/mol. The first-order valence-corrected chi connectivity index (χ1v) is 9.11. The lowest BCUT2D eigenvalue weighted by atomic mass is 10.2. The van der Waals surface area contributed by atoms with Crippen molar-refractivity contribution in [2.75, 3.05) is 25.4 Å². The SMILES string of the molecule is O=S(=O)(O)CCN(CCc1ccccn1)CCc1ccccn1. The predicted octanol–water partition coefficient (Wildman–Crippen LogP) is 1.45. The van der Waals surface area contributed by atoms with Gasteiger partial charge in [0.1, 0.15) is 0 Å². The molecule has 2 rings (SSSR count). The van der Waals surface area contributed by atoms with E-state index in [2.05, 4.69) is 9.97 Å². The normalized spacial score (nSPS) is 11.7. The first-order valence-electron chi connectivity index (χ1n) is 7.50. The maximum absolute atomic E-state index is 11.0. The molecule has 0 unspecified atom stereocenters. The van der Waals surface area contributed by atoms with Gasteiger partial charge in [-0.15, -0.1) is 0 Å². The summed E-state index contributed by atoms with van der Waals surface area (Å²) >= 11 is 0. The third-order valence-corrected chi connectivity index (χ3v) is 4.18. The van der Waals surface area contributed by atoms with E-state index < -0.39 is 10.1 Å². The van der Waals surface area contributed by atoms with Gasteiger partial charge in [-0.05, 0) is 24.3 Å². The van der Waals surface area contributed by atoms with Crippen molar-refractivity contribution in [3.05, 3.63) is 60.2 Å². The maximum Gasteiger partial charge on any atom is 0.266 e. The highest BCUT2D eigenvalue weighted by Crippen LogP contribution is 2.02. The van der Waals surface area contributed by atoms with Crippen LogP contribution >= 0.6 is 0 Å². The average Bonchev–Trinajstić information content (AvgIpc) is 2.55. The lowest BCUT2D eigenvalue weighted by molar-refractivity contribution is 0.292. The summed E-state index contributed by atoms with van der Waals surface area (Å²) in [5.74, 6) is -0.266. The van der Waals surface area contributed by atoms with Crippen LogP contribution in [0.5, 0.6) is 0 Å². The summed E-state index contributed by atoms with van der Waals surface area (Å²) in [5, 5.41) is 0. The second-order valence-corrected chi connectivity index (χ2v) is 6.84. The second-order valence-electron chi connectivity index (χ2n) is 5.27. The third-order valence-electron chi connectivity index (χ3n) is 3.49. The molecule has 2 aromatic heterocycles. The monoisotopic (exact) mass is 335 g/mol. The second kappa shape index (κ2) is 8.71. The molecule has 0 bridgehead atoms. The number of hydrogen-bond donors (Lipinski definition) is 1. The van der Waals surface area contributed by atoms with Crippen LogP contribution in [0, 0.1) is 0 Å². The quantitative estimate of drug-likeness (QED) is 0.698. The molecule has 0 radical (unpaired) electrons. The van der Waals surface area contributed by atoms with Gasteiger partial charge in [0.15, 0.2) is 0 Å². The van der Waals surface area contributed by atoms with Crippen LogP contribution < -0.4 is 0 Å². The highest BCUT2D eigenvalue weighted by atomic mass is 32.2. The molecule has 0 aliphatic rings. The topological polar surface area (TPSA) is 83.4 Å². The molecule has 0 amide bonds. The molecule has 0 aliphatic carbocycles. The summed E-state index contributed by atoms with van der Waals surface area (Å²) in [6.07, 6.45) is 4.94. The van der Waals surface area contributed by atoms with Gasteiger partial charge in [0.2, 0.25) is 0 Å². The van der Waals surface area contributed by atoms with Gasteiger partial charge in [0, 0.05) is 56.3 Å². The standard InChI is InChI=1S/C16H21N3O3S/c20-23(21,22)14-13-19(11-7-15-5-1-3-9-17-15)12-8-16-6-2-4-10-18-16/h1-6,9-10H,7-8,11-14H2,(H,20,21,22). The lowest BCUT2D eigenvalue weighted by Gasteiger charge is -2.21. The Kier molecular flexibility index (Phi) is 6.64. The molecule has 0 spiro atoms. The molecule has 0 saturated heterocycles. The zero-order valence-corrected chi connectivity index (χ0v) is 13.7. The van der Waals surface area contributed by atoms with E-state index in [4.69, 9.17) is 4.55 Å². The minimum Gasteiger partial charge on any atom is -0.301 e. The van der Waals surface area contributed by atoms with Crippen molar-refractivity contribution in [2.24, 2.45) is 0 Å². The third kappa shape index (κ3) is 7.32. The molecule has 2 heterocycles. The molecule has 6 nitrogen and oxygen atoms in total. The number of rotatable bonds is 9. The molecule has 0 saturated carbocycles. The van der Waals surface area contributed by atoms with Gasteiger partial charge < -0.3 is 4.90 Å². The Morgan fingerprint density at radius 1 is 0.870 bits per heavy atom. The Hall–Kier alpha value is -1.83. The molecule has 124 valence electrons. The fourth-order valence-electron chi connectivity index (χ4n) is 2.22. The van der Waals surface area contributed by atoms with Crippen LogP contribution in [0.3, 0.4) is 0 Å². The van der Waals surface area contributed by atoms with Gasteiger partial charge in [-0.3, -0.25) is 14.5 Å². The predicted molar refractivity (Wildman–Crippen MR) is 88.7 cm³/mol. The first-order chi connectivity index (χ1) is 11.0. The molecular weight excluding hydrogens is 314 g/mol. The van der Waals surface area contributed by atoms with E-state index in [9.17, 15) is 8.42 Å². The molecule has 2 aromatic rings. The first kappa shape index (κ1) is 17.5. The van der Waals surface area contributed by atoms with Crippen molar-refractivity contribution < 1.29 is 13.0 Å². The van der Waals surface area contributed by atoms with Gasteiger partial charge in [-0.1, -0.05) is 12.1 Å². The Morgan fingerprint density at radius 2 is 1.39 bits per heavy atom. The highest BCUT2D eigenvalue weighted by molar-refractivity contribution is 7.85. The summed E-state index contributed by atoms with van der Waals surface area (Å²) in [4.78, 5) is 10.6. The highest BCUT2D eigenvalue weighted by Gasteiger charge is 2.11. The van der Waals surface area contributed by atoms with E-state index in [0.29, 0.717) is 19.6 Å². The van der Waals surface area contributed by atoms with E-state index in [1.165, 1.54) is 0 Å². The van der Waals surface area contributed by atoms with E-state index in [1.54, 1.807) is 12.4 Å². The summed E-state index contributed by atoms with van der Waals surface area (Å²) in [5.41, 5.74) is 1.92. The van der Waals surface area contributed by atoms with Crippen molar-refractivity contribution in [1.82, 2.24) is 14.9 Å². The van der Waals surface area contributed by atoms with Crippen LogP contribution in [-0.2, 0) is 23.0 Å². The molecule has 0 aliphatic heterocycles. The molecule has 1 N–H and O–H groups in total. The van der Waals surface area contributed by atoms with Gasteiger partial charge >= 0.3 is 0 Å². The summed E-state index contributed by atoms with van der Waals surface area (Å²) < 4.78 is 30.9. The summed E-state index contributed by atoms with van der Waals surface area (Å²) in [6, 6.07) is 11.5. The van der Waals surface area contributed by atoms with Gasteiger partial charge in [-0.2, -0.15) is 8.42 Å². The van der Waals surface area contributed by atoms with Gasteiger partial charge in [0.25, 0.3) is 10.1 Å². The number of hydrogen-bond acceptors (Lipinski definition) is 5. The van der Waals surface area contributed by atoms with Crippen molar-refractivity contribution >= 4 is 10.1 Å². The van der Waals surface area contributed by atoms with E-state index in [-0.39, 0.29) is 5.75 Å². The summed E-state index contributed by atoms with van der Waals surface area (Å²) in [7, 11) is -3.96. The fraction of sp³-hybridized carbons (Fsp3) is 0.375. The number of pyridine rings is 2. The Morgan fingerprint density at radius 3 is 1.78 bits per heavy atom. The minimum atomic E-state index is -3.96. The van der Waals surface area contributed by atoms with E-state index >= 15 is 0 Å². The van der Waals surface area contributed by atoms with Crippen LogP contribution in [0.1, 0.15) is 11.4 Å². The maximum atomic E-state index is 11.0. The van der Waals surface area contributed by atoms with Gasteiger partial charge in [0.05, 0.1) is 5.75 Å². The van der Waals surface area contributed by atoms with Crippen molar-refractivity contribution in [3.63, 3.8) is 0 Å². The Bertz CT molecular complexity index is 635. The molecular formula is C16H21N3O3S. The zero-order valence-electron chi connectivity index (χ0n) is 12.9. The molecule has 0 atom stereocenters. The van der Waals surface area contributed by atoms with Crippen LogP contribution in [-0.4, -0.2) is 53.2 Å². The van der Waals surface area contributed by atoms with Crippen LogP contribution in [0.2, 0.25) is 0 Å². The van der Waals surface area contributed by atoms with Crippen molar-refractivity contribution in [3.8, 4) is 0 Å². The molecule has 7 heteroatoms. The Labute approximate surface area is 137 Å². The number of aromatic nitrogens is 2. The zero-order chi connectivity index (χ0) is 16.5. The van der Waals surface area contributed by atoms with E-state index in [0.717, 1.165) is 24.2 Å². The Balaban J connectivity index is 1.90. The largest absolute Gasteiger partial charge is 0.301 e. The van der Waals surface area contributed by atoms with Crippen LogP contribution in [0.4, 0.5) is 0 Å². The molecule has 23 heavy (non-hydrogen) atoms. The fourth-order valence-corrected chi connectivity index (χ4v) is 2.71.